The second-order valence-electron chi connectivity index (χ2n) is 5.31. The van der Waals surface area contributed by atoms with Crippen molar-refractivity contribution >= 4 is 11.6 Å². The van der Waals surface area contributed by atoms with Gasteiger partial charge in [0.15, 0.2) is 0 Å². The molecule has 98 valence electrons. The zero-order valence-electron chi connectivity index (χ0n) is 10.9. The first-order valence-corrected chi connectivity index (χ1v) is 7.20. The van der Waals surface area contributed by atoms with Crippen LogP contribution in [0.15, 0.2) is 48.5 Å². The van der Waals surface area contributed by atoms with Crippen LogP contribution < -0.4 is 5.73 Å². The molecular weight excluding hydrogens is 254 g/mol. The summed E-state index contributed by atoms with van der Waals surface area (Å²) in [6, 6.07) is 17.0. The molecule has 1 nitrogen and oxygen atoms in total. The maximum absolute atomic E-state index is 6.35. The Morgan fingerprint density at radius 3 is 2.63 bits per heavy atom. The molecule has 1 aliphatic carbocycles. The third-order valence-corrected chi connectivity index (χ3v) is 4.45. The van der Waals surface area contributed by atoms with E-state index in [4.69, 9.17) is 17.3 Å². The summed E-state index contributed by atoms with van der Waals surface area (Å²) in [5.41, 5.74) is 10.3. The lowest BCUT2D eigenvalue weighted by Crippen LogP contribution is -2.34. The van der Waals surface area contributed by atoms with Crippen molar-refractivity contribution in [1.29, 1.82) is 0 Å². The molecule has 0 saturated heterocycles. The van der Waals surface area contributed by atoms with E-state index in [2.05, 4.69) is 36.4 Å². The van der Waals surface area contributed by atoms with Crippen LogP contribution in [-0.4, -0.2) is 6.04 Å². The van der Waals surface area contributed by atoms with E-state index in [1.165, 1.54) is 16.7 Å². The zero-order valence-corrected chi connectivity index (χ0v) is 11.6. The number of nitrogens with two attached hydrogens (primary N) is 1. The van der Waals surface area contributed by atoms with Crippen LogP contribution in [-0.2, 0) is 12.8 Å². The smallest absolute Gasteiger partial charge is 0.0440 e. The zero-order chi connectivity index (χ0) is 13.2. The summed E-state index contributed by atoms with van der Waals surface area (Å²) in [6.07, 6.45) is 3.02. The normalized spacial score (nSPS) is 22.0. The fourth-order valence-corrected chi connectivity index (χ4v) is 3.33. The van der Waals surface area contributed by atoms with Gasteiger partial charge < -0.3 is 5.73 Å². The summed E-state index contributed by atoms with van der Waals surface area (Å²) in [4.78, 5) is 0. The summed E-state index contributed by atoms with van der Waals surface area (Å²) >= 11 is 6.32. The Kier molecular flexibility index (Phi) is 3.58. The van der Waals surface area contributed by atoms with E-state index in [0.29, 0.717) is 5.92 Å². The fourth-order valence-electron chi connectivity index (χ4n) is 3.06. The molecule has 2 aromatic carbocycles. The first-order valence-electron chi connectivity index (χ1n) is 6.82. The van der Waals surface area contributed by atoms with E-state index in [1.807, 2.05) is 12.1 Å². The molecule has 0 aromatic heterocycles. The lowest BCUT2D eigenvalue weighted by Gasteiger charge is -2.32. The number of benzene rings is 2. The van der Waals surface area contributed by atoms with Gasteiger partial charge in [0.25, 0.3) is 0 Å². The summed E-state index contributed by atoms with van der Waals surface area (Å²) in [5.74, 6) is 0.379. The highest BCUT2D eigenvalue weighted by Crippen LogP contribution is 2.36. The Hall–Kier alpha value is -1.31. The first-order chi connectivity index (χ1) is 9.25. The molecule has 19 heavy (non-hydrogen) atoms. The minimum Gasteiger partial charge on any atom is -0.327 e. The topological polar surface area (TPSA) is 26.0 Å². The molecule has 2 heteroatoms. The highest BCUT2D eigenvalue weighted by atomic mass is 35.5. The predicted molar refractivity (Wildman–Crippen MR) is 80.6 cm³/mol. The number of rotatable bonds is 2. The predicted octanol–water partition coefficient (Wildman–Crippen LogP) is 3.94. The lowest BCUT2D eigenvalue weighted by molar-refractivity contribution is 0.467. The van der Waals surface area contributed by atoms with Gasteiger partial charge in [-0.1, -0.05) is 54.1 Å². The quantitative estimate of drug-likeness (QED) is 0.880. The number of hydrogen-bond acceptors (Lipinski definition) is 1. The van der Waals surface area contributed by atoms with Crippen LogP contribution in [0.1, 0.15) is 29.0 Å². The van der Waals surface area contributed by atoms with Crippen LogP contribution in [0.4, 0.5) is 0 Å². The Labute approximate surface area is 119 Å². The van der Waals surface area contributed by atoms with Gasteiger partial charge in [-0.25, -0.2) is 0 Å². The number of fused-ring (bicyclic) bond motifs is 1. The molecule has 0 spiro atoms. The van der Waals surface area contributed by atoms with Gasteiger partial charge in [-0.2, -0.15) is 0 Å². The summed E-state index contributed by atoms with van der Waals surface area (Å²) in [6.45, 7) is 0. The van der Waals surface area contributed by atoms with Crippen LogP contribution >= 0.6 is 11.6 Å². The third-order valence-electron chi connectivity index (χ3n) is 4.10. The average Bonchev–Trinajstić information content (AvgIpc) is 2.43. The van der Waals surface area contributed by atoms with Crippen LogP contribution in [0, 0.1) is 0 Å². The van der Waals surface area contributed by atoms with E-state index in [-0.39, 0.29) is 6.04 Å². The van der Waals surface area contributed by atoms with Crippen LogP contribution in [0.2, 0.25) is 5.02 Å². The fraction of sp³-hybridized carbons (Fsp3) is 0.294. The van der Waals surface area contributed by atoms with Crippen molar-refractivity contribution in [3.8, 4) is 0 Å². The second kappa shape index (κ2) is 5.36. The van der Waals surface area contributed by atoms with Gasteiger partial charge >= 0.3 is 0 Å². The SMILES string of the molecule is N[C@@H]1CCc2c(Cl)cccc2[C@@H]1Cc1ccccc1. The van der Waals surface area contributed by atoms with E-state index in [0.717, 1.165) is 24.3 Å². The highest BCUT2D eigenvalue weighted by molar-refractivity contribution is 6.31. The molecule has 0 bridgehead atoms. The summed E-state index contributed by atoms with van der Waals surface area (Å²) in [7, 11) is 0. The molecular formula is C17H18ClN. The van der Waals surface area contributed by atoms with Crippen molar-refractivity contribution in [3.63, 3.8) is 0 Å². The van der Waals surface area contributed by atoms with Gasteiger partial charge in [0, 0.05) is 17.0 Å². The van der Waals surface area contributed by atoms with E-state index in [9.17, 15) is 0 Å². The van der Waals surface area contributed by atoms with Gasteiger partial charge in [-0.05, 0) is 42.0 Å². The maximum atomic E-state index is 6.35. The molecule has 0 saturated carbocycles. The van der Waals surface area contributed by atoms with Crippen molar-refractivity contribution in [2.75, 3.05) is 0 Å². The van der Waals surface area contributed by atoms with Gasteiger partial charge in [-0.3, -0.25) is 0 Å². The van der Waals surface area contributed by atoms with Crippen LogP contribution in [0.3, 0.4) is 0 Å². The minimum absolute atomic E-state index is 0.228. The maximum Gasteiger partial charge on any atom is 0.0440 e. The van der Waals surface area contributed by atoms with Gasteiger partial charge in [-0.15, -0.1) is 0 Å². The van der Waals surface area contributed by atoms with Crippen molar-refractivity contribution in [2.45, 2.75) is 31.2 Å². The average molecular weight is 272 g/mol. The molecule has 0 fully saturated rings. The molecule has 0 unspecified atom stereocenters. The lowest BCUT2D eigenvalue weighted by atomic mass is 9.76. The van der Waals surface area contributed by atoms with Gasteiger partial charge in [0.2, 0.25) is 0 Å². The first kappa shape index (κ1) is 12.7. The second-order valence-corrected chi connectivity index (χ2v) is 5.71. The van der Waals surface area contributed by atoms with Crippen LogP contribution in [0.5, 0.6) is 0 Å². The number of hydrogen-bond donors (Lipinski definition) is 1. The monoisotopic (exact) mass is 271 g/mol. The molecule has 2 atom stereocenters. The molecule has 0 radical (unpaired) electrons. The Balaban J connectivity index is 1.95. The Bertz CT molecular complexity index is 565. The molecule has 0 heterocycles. The Morgan fingerprint density at radius 1 is 1.05 bits per heavy atom. The molecule has 0 amide bonds. The highest BCUT2D eigenvalue weighted by Gasteiger charge is 2.28. The molecule has 2 N–H and O–H groups in total. The van der Waals surface area contributed by atoms with E-state index < -0.39 is 0 Å². The minimum atomic E-state index is 0.228. The third kappa shape index (κ3) is 2.54. The van der Waals surface area contributed by atoms with E-state index >= 15 is 0 Å². The van der Waals surface area contributed by atoms with Crippen LogP contribution in [0.25, 0.3) is 0 Å². The van der Waals surface area contributed by atoms with Gasteiger partial charge in [0.05, 0.1) is 0 Å². The molecule has 3 rings (SSSR count). The van der Waals surface area contributed by atoms with Crippen molar-refractivity contribution in [3.05, 3.63) is 70.2 Å². The van der Waals surface area contributed by atoms with Gasteiger partial charge in [0.1, 0.15) is 0 Å². The summed E-state index contributed by atoms with van der Waals surface area (Å²) in [5, 5.41) is 0.891. The van der Waals surface area contributed by atoms with Crippen molar-refractivity contribution in [1.82, 2.24) is 0 Å². The molecule has 1 aliphatic rings. The molecule has 2 aromatic rings. The number of halogens is 1. The molecule has 0 aliphatic heterocycles. The van der Waals surface area contributed by atoms with E-state index in [1.54, 1.807) is 0 Å². The Morgan fingerprint density at radius 2 is 1.84 bits per heavy atom. The van der Waals surface area contributed by atoms with Crippen molar-refractivity contribution in [2.24, 2.45) is 5.73 Å². The standard InChI is InChI=1S/C17H18ClN/c18-16-8-4-7-13-14(16)9-10-17(19)15(13)11-12-5-2-1-3-6-12/h1-8,15,17H,9-11,19H2/t15-,17+/m0/s1. The summed E-state index contributed by atoms with van der Waals surface area (Å²) < 4.78 is 0. The largest absolute Gasteiger partial charge is 0.327 e. The van der Waals surface area contributed by atoms with Crippen molar-refractivity contribution < 1.29 is 0 Å².